The summed E-state index contributed by atoms with van der Waals surface area (Å²) in [5.74, 6) is 1.81. The number of hydrogen-bond donors (Lipinski definition) is 2. The molecule has 1 saturated carbocycles. The van der Waals surface area contributed by atoms with Gasteiger partial charge in [-0.2, -0.15) is 0 Å². The van der Waals surface area contributed by atoms with Gasteiger partial charge in [-0.05, 0) is 37.0 Å². The molecule has 6 nitrogen and oxygen atoms in total. The lowest BCUT2D eigenvalue weighted by Gasteiger charge is -2.14. The van der Waals surface area contributed by atoms with Gasteiger partial charge in [0.15, 0.2) is 11.5 Å². The lowest BCUT2D eigenvalue weighted by atomic mass is 10.1. The summed E-state index contributed by atoms with van der Waals surface area (Å²) in [4.78, 5) is 11.5. The predicted molar refractivity (Wildman–Crippen MR) is 79.4 cm³/mol. The third-order valence-electron chi connectivity index (χ3n) is 3.34. The fraction of sp³-hybridized carbons (Fsp3) is 0.533. The first-order chi connectivity index (χ1) is 10.2. The quantitative estimate of drug-likeness (QED) is 0.803. The Hall–Kier alpha value is -2.11. The summed E-state index contributed by atoms with van der Waals surface area (Å²) in [7, 11) is 4.74. The summed E-state index contributed by atoms with van der Waals surface area (Å²) in [5, 5.41) is 5.73. The molecule has 0 heterocycles. The second-order valence-corrected chi connectivity index (χ2v) is 4.96. The highest BCUT2D eigenvalue weighted by Crippen LogP contribution is 2.38. The summed E-state index contributed by atoms with van der Waals surface area (Å²) >= 11 is 0. The summed E-state index contributed by atoms with van der Waals surface area (Å²) < 4.78 is 15.9. The average molecular weight is 294 g/mol. The van der Waals surface area contributed by atoms with Crippen molar-refractivity contribution < 1.29 is 19.0 Å². The molecule has 1 fully saturated rings. The molecule has 2 N–H and O–H groups in total. The first-order valence-electron chi connectivity index (χ1n) is 7.01. The van der Waals surface area contributed by atoms with Crippen LogP contribution in [0, 0.1) is 0 Å². The van der Waals surface area contributed by atoms with Gasteiger partial charge in [0.25, 0.3) is 0 Å². The Bertz CT molecular complexity index is 475. The van der Waals surface area contributed by atoms with Gasteiger partial charge < -0.3 is 24.8 Å². The van der Waals surface area contributed by atoms with Crippen molar-refractivity contribution in [2.24, 2.45) is 0 Å². The Morgan fingerprint density at radius 2 is 1.76 bits per heavy atom. The molecule has 0 atom stereocenters. The highest BCUT2D eigenvalue weighted by Gasteiger charge is 2.22. The summed E-state index contributed by atoms with van der Waals surface area (Å²) in [6, 6.07) is 4.04. The van der Waals surface area contributed by atoms with E-state index in [4.69, 9.17) is 14.2 Å². The second-order valence-electron chi connectivity index (χ2n) is 4.96. The monoisotopic (exact) mass is 294 g/mol. The normalized spacial score (nSPS) is 13.5. The molecular formula is C15H22N2O4. The van der Waals surface area contributed by atoms with Gasteiger partial charge in [-0.15, -0.1) is 0 Å². The lowest BCUT2D eigenvalue weighted by Crippen LogP contribution is -2.37. The van der Waals surface area contributed by atoms with Crippen LogP contribution in [0.25, 0.3) is 0 Å². The van der Waals surface area contributed by atoms with Crippen LogP contribution in [0.4, 0.5) is 4.79 Å². The van der Waals surface area contributed by atoms with Gasteiger partial charge in [-0.1, -0.05) is 0 Å². The Balaban J connectivity index is 1.93. The van der Waals surface area contributed by atoms with E-state index in [1.54, 1.807) is 21.3 Å². The maximum absolute atomic E-state index is 11.5. The van der Waals surface area contributed by atoms with Crippen LogP contribution in [0.1, 0.15) is 18.4 Å². The zero-order valence-corrected chi connectivity index (χ0v) is 12.7. The van der Waals surface area contributed by atoms with E-state index in [1.165, 1.54) is 0 Å². The van der Waals surface area contributed by atoms with Crippen LogP contribution in [0.2, 0.25) is 0 Å². The summed E-state index contributed by atoms with van der Waals surface area (Å²) in [6.45, 7) is 0.553. The molecular weight excluding hydrogens is 272 g/mol. The minimum absolute atomic E-state index is 0.107. The zero-order valence-electron chi connectivity index (χ0n) is 12.7. The Kier molecular flexibility index (Phi) is 5.14. The molecule has 1 aliphatic carbocycles. The number of carbonyl (C=O) groups is 1. The lowest BCUT2D eigenvalue weighted by molar-refractivity contribution is 0.240. The molecule has 6 heteroatoms. The fourth-order valence-corrected chi connectivity index (χ4v) is 2.06. The van der Waals surface area contributed by atoms with Crippen molar-refractivity contribution in [2.45, 2.75) is 25.3 Å². The van der Waals surface area contributed by atoms with E-state index in [2.05, 4.69) is 10.6 Å². The first-order valence-corrected chi connectivity index (χ1v) is 7.01. The van der Waals surface area contributed by atoms with E-state index >= 15 is 0 Å². The van der Waals surface area contributed by atoms with Crippen molar-refractivity contribution in [3.63, 3.8) is 0 Å². The number of rotatable bonds is 7. The zero-order chi connectivity index (χ0) is 15.2. The van der Waals surface area contributed by atoms with Gasteiger partial charge in [0, 0.05) is 12.6 Å². The van der Waals surface area contributed by atoms with Crippen LogP contribution in [0.15, 0.2) is 12.1 Å². The molecule has 0 radical (unpaired) electrons. The number of amides is 2. The molecule has 0 unspecified atom stereocenters. The third-order valence-corrected chi connectivity index (χ3v) is 3.34. The molecule has 0 bridgehead atoms. The molecule has 1 aliphatic rings. The molecule has 2 rings (SSSR count). The van der Waals surface area contributed by atoms with E-state index in [0.717, 1.165) is 18.4 Å². The SMILES string of the molecule is COc1cc(CCNC(=O)NC2CC2)cc(OC)c1OC. The van der Waals surface area contributed by atoms with Crippen LogP contribution in [0.5, 0.6) is 17.2 Å². The molecule has 0 aliphatic heterocycles. The van der Waals surface area contributed by atoms with Crippen LogP contribution in [0.3, 0.4) is 0 Å². The van der Waals surface area contributed by atoms with Gasteiger partial charge in [-0.25, -0.2) is 4.79 Å². The Labute approximate surface area is 124 Å². The maximum Gasteiger partial charge on any atom is 0.315 e. The topological polar surface area (TPSA) is 68.8 Å². The van der Waals surface area contributed by atoms with Crippen LogP contribution in [-0.2, 0) is 6.42 Å². The molecule has 1 aromatic carbocycles. The number of methoxy groups -OCH3 is 3. The van der Waals surface area contributed by atoms with E-state index in [-0.39, 0.29) is 6.03 Å². The van der Waals surface area contributed by atoms with Gasteiger partial charge in [0.1, 0.15) is 0 Å². The Morgan fingerprint density at radius 1 is 1.14 bits per heavy atom. The van der Waals surface area contributed by atoms with Crippen molar-refractivity contribution in [2.75, 3.05) is 27.9 Å². The fourth-order valence-electron chi connectivity index (χ4n) is 2.06. The summed E-state index contributed by atoms with van der Waals surface area (Å²) in [6.07, 6.45) is 2.86. The molecule has 0 saturated heterocycles. The van der Waals surface area contributed by atoms with Crippen molar-refractivity contribution in [1.29, 1.82) is 0 Å². The predicted octanol–water partition coefficient (Wildman–Crippen LogP) is 1.72. The van der Waals surface area contributed by atoms with E-state index in [9.17, 15) is 4.79 Å². The molecule has 116 valence electrons. The number of hydrogen-bond acceptors (Lipinski definition) is 4. The van der Waals surface area contributed by atoms with Gasteiger partial charge in [0.2, 0.25) is 5.75 Å². The first kappa shape index (κ1) is 15.3. The highest BCUT2D eigenvalue weighted by atomic mass is 16.5. The van der Waals surface area contributed by atoms with Gasteiger partial charge >= 0.3 is 6.03 Å². The maximum atomic E-state index is 11.5. The molecule has 21 heavy (non-hydrogen) atoms. The third kappa shape index (κ3) is 4.18. The summed E-state index contributed by atoms with van der Waals surface area (Å²) in [5.41, 5.74) is 1.01. The second kappa shape index (κ2) is 7.06. The molecule has 0 aromatic heterocycles. The number of benzene rings is 1. The van der Waals surface area contributed by atoms with E-state index in [1.807, 2.05) is 12.1 Å². The number of urea groups is 1. The van der Waals surface area contributed by atoms with E-state index < -0.39 is 0 Å². The standard InChI is InChI=1S/C15H22N2O4/c1-19-12-8-10(9-13(20-2)14(12)21-3)6-7-16-15(18)17-11-4-5-11/h8-9,11H,4-7H2,1-3H3,(H2,16,17,18). The van der Waals surface area contributed by atoms with Crippen molar-refractivity contribution >= 4 is 6.03 Å². The largest absolute Gasteiger partial charge is 0.493 e. The van der Waals surface area contributed by atoms with Crippen LogP contribution < -0.4 is 24.8 Å². The Morgan fingerprint density at radius 3 is 2.24 bits per heavy atom. The highest BCUT2D eigenvalue weighted by molar-refractivity contribution is 5.74. The number of ether oxygens (including phenoxy) is 3. The van der Waals surface area contributed by atoms with Crippen molar-refractivity contribution in [3.8, 4) is 17.2 Å². The molecule has 2 amide bonds. The molecule has 0 spiro atoms. The molecule has 1 aromatic rings. The van der Waals surface area contributed by atoms with Gasteiger partial charge in [-0.3, -0.25) is 0 Å². The minimum Gasteiger partial charge on any atom is -0.493 e. The average Bonchev–Trinajstić information content (AvgIpc) is 3.29. The van der Waals surface area contributed by atoms with Crippen molar-refractivity contribution in [3.05, 3.63) is 17.7 Å². The van der Waals surface area contributed by atoms with E-state index in [0.29, 0.717) is 36.3 Å². The van der Waals surface area contributed by atoms with Crippen LogP contribution >= 0.6 is 0 Å². The van der Waals surface area contributed by atoms with Gasteiger partial charge in [0.05, 0.1) is 21.3 Å². The minimum atomic E-state index is -0.107. The van der Waals surface area contributed by atoms with Crippen LogP contribution in [-0.4, -0.2) is 39.9 Å². The number of nitrogens with one attached hydrogen (secondary N) is 2. The smallest absolute Gasteiger partial charge is 0.315 e. The van der Waals surface area contributed by atoms with Crippen molar-refractivity contribution in [1.82, 2.24) is 10.6 Å². The number of carbonyl (C=O) groups excluding carboxylic acids is 1.